The van der Waals surface area contributed by atoms with Crippen molar-refractivity contribution >= 4 is 7.82 Å². The molecule has 3 rings (SSSR count). The van der Waals surface area contributed by atoms with Gasteiger partial charge in [-0.1, -0.05) is 0 Å². The average Bonchev–Trinajstić information content (AvgIpc) is 2.74. The summed E-state index contributed by atoms with van der Waals surface area (Å²) >= 11 is 0. The molecule has 1 fully saturated rings. The standard InChI is InChI=1S/C10H11N2O7P/c1-5-3-12(10(14)11-9(5)13)8-2-6-7(18-8)4-17-20(15,16)19-6/h2-3,7-8H,4H2,1H3,(H,15,16)(H,11,13,14)/p-1/t7-,8-/m1/s1. The molecule has 0 bridgehead atoms. The molecule has 1 saturated heterocycles. The Morgan fingerprint density at radius 3 is 3.00 bits per heavy atom. The van der Waals surface area contributed by atoms with Crippen LogP contribution in [0.4, 0.5) is 0 Å². The Balaban J connectivity index is 1.97. The van der Waals surface area contributed by atoms with Gasteiger partial charge in [-0.3, -0.25) is 18.9 Å². The Hall–Kier alpha value is -1.67. The molecule has 0 saturated carbocycles. The second-order valence-electron chi connectivity index (χ2n) is 4.40. The largest absolute Gasteiger partial charge is 0.746 e. The molecule has 0 radical (unpaired) electrons. The maximum Gasteiger partial charge on any atom is 0.330 e. The lowest BCUT2D eigenvalue weighted by atomic mass is 10.3. The fourth-order valence-corrected chi connectivity index (χ4v) is 2.78. The Kier molecular flexibility index (Phi) is 2.94. The molecule has 1 unspecified atom stereocenters. The summed E-state index contributed by atoms with van der Waals surface area (Å²) in [6.45, 7) is 1.33. The molecule has 10 heteroatoms. The molecule has 0 amide bonds. The molecule has 2 aliphatic rings. The van der Waals surface area contributed by atoms with Crippen LogP contribution in [0.5, 0.6) is 0 Å². The van der Waals surface area contributed by atoms with E-state index < -0.39 is 31.4 Å². The minimum absolute atomic E-state index is 0.0790. The first-order chi connectivity index (χ1) is 9.35. The molecule has 108 valence electrons. The van der Waals surface area contributed by atoms with E-state index in [2.05, 4.69) is 14.0 Å². The number of aromatic nitrogens is 2. The number of H-pyrrole nitrogens is 1. The van der Waals surface area contributed by atoms with Crippen LogP contribution in [-0.4, -0.2) is 22.3 Å². The highest BCUT2D eigenvalue weighted by atomic mass is 31.2. The van der Waals surface area contributed by atoms with Gasteiger partial charge in [0, 0.05) is 17.8 Å². The van der Waals surface area contributed by atoms with Crippen molar-refractivity contribution in [3.8, 4) is 0 Å². The molecule has 0 spiro atoms. The molecule has 20 heavy (non-hydrogen) atoms. The maximum absolute atomic E-state index is 11.7. The second-order valence-corrected chi connectivity index (χ2v) is 5.73. The minimum Gasteiger partial charge on any atom is -0.746 e. The SMILES string of the molecule is Cc1cn([C@H]2C=C3OP(=O)([O-])OC[C@H]3O2)c(=O)[nH]c1=O. The summed E-state index contributed by atoms with van der Waals surface area (Å²) in [5.74, 6) is 0.0790. The molecule has 1 aromatic rings. The van der Waals surface area contributed by atoms with Gasteiger partial charge in [-0.2, -0.15) is 0 Å². The van der Waals surface area contributed by atoms with Crippen molar-refractivity contribution in [2.45, 2.75) is 19.3 Å². The van der Waals surface area contributed by atoms with Gasteiger partial charge < -0.3 is 18.7 Å². The number of rotatable bonds is 1. The third-order valence-electron chi connectivity index (χ3n) is 2.95. The zero-order valence-corrected chi connectivity index (χ0v) is 11.2. The van der Waals surface area contributed by atoms with E-state index >= 15 is 0 Å². The van der Waals surface area contributed by atoms with Gasteiger partial charge in [0.05, 0.1) is 6.61 Å². The molecule has 3 heterocycles. The Labute approximate surface area is 112 Å². The summed E-state index contributed by atoms with van der Waals surface area (Å²) in [5, 5.41) is 0. The molecule has 2 aliphatic heterocycles. The molecular weight excluding hydrogens is 291 g/mol. The van der Waals surface area contributed by atoms with E-state index in [1.807, 2.05) is 0 Å². The van der Waals surface area contributed by atoms with Crippen molar-refractivity contribution in [1.82, 2.24) is 9.55 Å². The predicted octanol–water partition coefficient (Wildman–Crippen LogP) is -0.858. The predicted molar refractivity (Wildman–Crippen MR) is 62.7 cm³/mol. The number of fused-ring (bicyclic) bond motifs is 1. The van der Waals surface area contributed by atoms with Crippen LogP contribution in [0.3, 0.4) is 0 Å². The number of nitrogens with one attached hydrogen (secondary N) is 1. The number of hydrogen-bond donors (Lipinski definition) is 1. The Morgan fingerprint density at radius 1 is 1.50 bits per heavy atom. The van der Waals surface area contributed by atoms with Crippen LogP contribution in [0.15, 0.2) is 27.6 Å². The van der Waals surface area contributed by atoms with Crippen LogP contribution >= 0.6 is 7.82 Å². The third kappa shape index (κ3) is 2.25. The molecule has 1 N–H and O–H groups in total. The van der Waals surface area contributed by atoms with Crippen molar-refractivity contribution in [1.29, 1.82) is 0 Å². The Morgan fingerprint density at radius 2 is 2.25 bits per heavy atom. The zero-order chi connectivity index (χ0) is 14.5. The topological polar surface area (TPSA) is 123 Å². The number of aromatic amines is 1. The number of nitrogens with zero attached hydrogens (tertiary/aromatic N) is 1. The molecule has 3 atom stereocenters. The van der Waals surface area contributed by atoms with Gasteiger partial charge in [0.15, 0.2) is 6.23 Å². The van der Waals surface area contributed by atoms with Gasteiger partial charge in [-0.05, 0) is 6.92 Å². The smallest absolute Gasteiger partial charge is 0.330 e. The van der Waals surface area contributed by atoms with Gasteiger partial charge in [0.25, 0.3) is 5.56 Å². The fraction of sp³-hybridized carbons (Fsp3) is 0.400. The summed E-state index contributed by atoms with van der Waals surface area (Å²) in [6.07, 6.45) is 1.13. The first kappa shape index (κ1) is 13.3. The van der Waals surface area contributed by atoms with Crippen molar-refractivity contribution < 1.29 is 23.2 Å². The van der Waals surface area contributed by atoms with E-state index in [1.165, 1.54) is 19.2 Å². The number of hydrogen-bond acceptors (Lipinski definition) is 7. The fourth-order valence-electron chi connectivity index (χ4n) is 1.97. The van der Waals surface area contributed by atoms with E-state index in [1.54, 1.807) is 0 Å². The molecule has 0 aromatic carbocycles. The average molecular weight is 301 g/mol. The summed E-state index contributed by atoms with van der Waals surface area (Å²) in [4.78, 5) is 36.3. The lowest BCUT2D eigenvalue weighted by molar-refractivity contribution is -0.231. The van der Waals surface area contributed by atoms with Gasteiger partial charge in [0.1, 0.15) is 11.9 Å². The minimum atomic E-state index is -4.35. The van der Waals surface area contributed by atoms with Crippen LogP contribution in [0.25, 0.3) is 0 Å². The van der Waals surface area contributed by atoms with Crippen molar-refractivity contribution in [2.75, 3.05) is 6.61 Å². The van der Waals surface area contributed by atoms with Crippen LogP contribution in [0, 0.1) is 6.92 Å². The monoisotopic (exact) mass is 301 g/mol. The Bertz CT molecular complexity index is 749. The van der Waals surface area contributed by atoms with Crippen LogP contribution < -0.4 is 16.1 Å². The van der Waals surface area contributed by atoms with Gasteiger partial charge in [-0.25, -0.2) is 4.79 Å². The maximum atomic E-state index is 11.7. The zero-order valence-electron chi connectivity index (χ0n) is 10.3. The van der Waals surface area contributed by atoms with E-state index in [0.29, 0.717) is 5.56 Å². The lowest BCUT2D eigenvalue weighted by Crippen LogP contribution is -2.34. The van der Waals surface area contributed by atoms with Crippen LogP contribution in [0.1, 0.15) is 11.8 Å². The van der Waals surface area contributed by atoms with Gasteiger partial charge in [-0.15, -0.1) is 0 Å². The molecular formula is C10H10N2O7P-. The third-order valence-corrected chi connectivity index (χ3v) is 3.85. The first-order valence-corrected chi connectivity index (χ1v) is 7.16. The van der Waals surface area contributed by atoms with Crippen LogP contribution in [0.2, 0.25) is 0 Å². The number of phosphoric ester groups is 1. The first-order valence-electron chi connectivity index (χ1n) is 5.70. The van der Waals surface area contributed by atoms with Crippen LogP contribution in [-0.2, 0) is 18.3 Å². The summed E-state index contributed by atoms with van der Waals surface area (Å²) < 4.78 is 26.9. The highest BCUT2D eigenvalue weighted by Gasteiger charge is 2.37. The van der Waals surface area contributed by atoms with E-state index in [4.69, 9.17) is 4.74 Å². The second kappa shape index (κ2) is 4.42. The number of ether oxygens (including phenoxy) is 1. The highest BCUT2D eigenvalue weighted by molar-refractivity contribution is 7.46. The number of phosphoric acid groups is 1. The molecule has 0 aliphatic carbocycles. The summed E-state index contributed by atoms with van der Waals surface area (Å²) in [6, 6.07) is 0. The molecule has 9 nitrogen and oxygen atoms in total. The van der Waals surface area contributed by atoms with Crippen molar-refractivity contribution in [2.24, 2.45) is 0 Å². The molecule has 1 aromatic heterocycles. The van der Waals surface area contributed by atoms with Crippen molar-refractivity contribution in [3.63, 3.8) is 0 Å². The quantitative estimate of drug-likeness (QED) is 0.669. The van der Waals surface area contributed by atoms with Gasteiger partial charge in [0.2, 0.25) is 0 Å². The van der Waals surface area contributed by atoms with E-state index in [-0.39, 0.29) is 12.4 Å². The lowest BCUT2D eigenvalue weighted by Gasteiger charge is -2.31. The summed E-state index contributed by atoms with van der Waals surface area (Å²) in [5.41, 5.74) is -0.821. The number of aryl methyl sites for hydroxylation is 1. The van der Waals surface area contributed by atoms with E-state index in [9.17, 15) is 19.0 Å². The highest BCUT2D eigenvalue weighted by Crippen LogP contribution is 2.48. The van der Waals surface area contributed by atoms with Gasteiger partial charge >= 0.3 is 13.5 Å². The van der Waals surface area contributed by atoms with Crippen molar-refractivity contribution in [3.05, 3.63) is 44.4 Å². The summed E-state index contributed by atoms with van der Waals surface area (Å²) in [7, 11) is -4.35. The van der Waals surface area contributed by atoms with E-state index in [0.717, 1.165) is 4.57 Å². The normalized spacial score (nSPS) is 32.4.